The number of ketones is 2. The maximum absolute atomic E-state index is 13.2. The lowest BCUT2D eigenvalue weighted by Gasteiger charge is -2.18. The van der Waals surface area contributed by atoms with E-state index in [0.29, 0.717) is 16.8 Å². The maximum atomic E-state index is 13.2. The van der Waals surface area contributed by atoms with Crippen molar-refractivity contribution in [1.29, 1.82) is 0 Å². The van der Waals surface area contributed by atoms with Crippen molar-refractivity contribution >= 4 is 23.2 Å². The molecule has 31 heavy (non-hydrogen) atoms. The van der Waals surface area contributed by atoms with Gasteiger partial charge in [0.15, 0.2) is 18.2 Å². The van der Waals surface area contributed by atoms with Gasteiger partial charge in [-0.05, 0) is 31.2 Å². The van der Waals surface area contributed by atoms with Crippen molar-refractivity contribution < 1.29 is 23.5 Å². The average molecular weight is 419 g/mol. The van der Waals surface area contributed by atoms with Gasteiger partial charge >= 0.3 is 5.97 Å². The molecule has 0 saturated heterocycles. The molecule has 1 N–H and O–H groups in total. The Labute approximate surface area is 179 Å². The fourth-order valence-corrected chi connectivity index (χ4v) is 2.93. The molecule has 0 amide bonds. The molecular weight excluding hydrogens is 397 g/mol. The summed E-state index contributed by atoms with van der Waals surface area (Å²) in [6, 6.07) is 19.8. The molecule has 6 heteroatoms. The Morgan fingerprint density at radius 1 is 0.839 bits per heavy atom. The molecule has 0 aliphatic heterocycles. The number of benzene rings is 3. The number of anilines is 1. The molecule has 0 fully saturated rings. The Morgan fingerprint density at radius 3 is 2.10 bits per heavy atom. The number of carbonyl (C=O) groups excluding carboxylic acids is 3. The Bertz CT molecular complexity index is 1050. The van der Waals surface area contributed by atoms with E-state index in [-0.39, 0.29) is 18.0 Å². The van der Waals surface area contributed by atoms with Gasteiger partial charge < -0.3 is 10.1 Å². The zero-order valence-corrected chi connectivity index (χ0v) is 17.0. The second kappa shape index (κ2) is 10.3. The summed E-state index contributed by atoms with van der Waals surface area (Å²) in [5.41, 5.74) is 2.35. The van der Waals surface area contributed by atoms with Crippen LogP contribution in [0.4, 0.5) is 10.1 Å². The minimum atomic E-state index is -1.04. The Balaban J connectivity index is 1.70. The lowest BCUT2D eigenvalue weighted by Crippen LogP contribution is -2.34. The van der Waals surface area contributed by atoms with Gasteiger partial charge in [-0.25, -0.2) is 9.18 Å². The number of rotatable bonds is 9. The summed E-state index contributed by atoms with van der Waals surface area (Å²) in [7, 11) is 0. The Kier molecular flexibility index (Phi) is 7.27. The van der Waals surface area contributed by atoms with E-state index in [2.05, 4.69) is 5.32 Å². The van der Waals surface area contributed by atoms with Crippen LogP contribution < -0.4 is 5.32 Å². The number of Topliss-reactive ketones (excluding diaryl/α,β-unsaturated/α-hetero) is 2. The second-order valence-corrected chi connectivity index (χ2v) is 7.09. The fraction of sp³-hybridized carbons (Fsp3) is 0.160. The molecule has 0 saturated carbocycles. The predicted octanol–water partition coefficient (Wildman–Crippen LogP) is 4.61. The molecule has 5 nitrogen and oxygen atoms in total. The van der Waals surface area contributed by atoms with Gasteiger partial charge in [-0.15, -0.1) is 0 Å². The molecule has 158 valence electrons. The van der Waals surface area contributed by atoms with Crippen LogP contribution in [-0.2, 0) is 9.53 Å². The minimum absolute atomic E-state index is 0.182. The lowest BCUT2D eigenvalue weighted by molar-refractivity contribution is -0.143. The number of nitrogens with one attached hydrogen (secondary N) is 1. The highest BCUT2D eigenvalue weighted by Crippen LogP contribution is 2.15. The first kappa shape index (κ1) is 21.9. The molecule has 0 aliphatic rings. The largest absolute Gasteiger partial charge is 0.456 e. The van der Waals surface area contributed by atoms with Crippen molar-refractivity contribution in [2.45, 2.75) is 19.4 Å². The number of hydrogen-bond donors (Lipinski definition) is 1. The molecule has 3 rings (SSSR count). The van der Waals surface area contributed by atoms with Crippen LogP contribution in [0.3, 0.4) is 0 Å². The van der Waals surface area contributed by atoms with Crippen LogP contribution in [-0.4, -0.2) is 30.2 Å². The number of ether oxygens (including phenoxy) is 1. The van der Waals surface area contributed by atoms with Crippen molar-refractivity contribution in [1.82, 2.24) is 0 Å². The summed E-state index contributed by atoms with van der Waals surface area (Å²) < 4.78 is 18.4. The summed E-state index contributed by atoms with van der Waals surface area (Å²) >= 11 is 0. The van der Waals surface area contributed by atoms with Crippen LogP contribution in [0.15, 0.2) is 78.9 Å². The van der Waals surface area contributed by atoms with Gasteiger partial charge in [0.25, 0.3) is 0 Å². The van der Waals surface area contributed by atoms with E-state index in [1.165, 1.54) is 24.3 Å². The van der Waals surface area contributed by atoms with E-state index in [4.69, 9.17) is 4.74 Å². The van der Waals surface area contributed by atoms with Crippen LogP contribution in [0.25, 0.3) is 0 Å². The summed E-state index contributed by atoms with van der Waals surface area (Å²) in [5, 5.41) is 2.90. The number of carbonyl (C=O) groups is 3. The zero-order valence-electron chi connectivity index (χ0n) is 17.0. The molecule has 0 radical (unpaired) electrons. The number of halogens is 1. The van der Waals surface area contributed by atoms with Crippen LogP contribution in [0.2, 0.25) is 0 Å². The van der Waals surface area contributed by atoms with E-state index >= 15 is 0 Å². The molecule has 3 aromatic rings. The number of esters is 1. The third-order valence-electron chi connectivity index (χ3n) is 4.67. The summed E-state index contributed by atoms with van der Waals surface area (Å²) in [6.07, 6.45) is -0.182. The highest BCUT2D eigenvalue weighted by Gasteiger charge is 2.25. The van der Waals surface area contributed by atoms with Gasteiger partial charge in [0.1, 0.15) is 11.9 Å². The molecular formula is C25H22FNO4. The van der Waals surface area contributed by atoms with Crippen LogP contribution in [0, 0.1) is 12.7 Å². The normalized spacial score (nSPS) is 11.4. The predicted molar refractivity (Wildman–Crippen MR) is 116 cm³/mol. The van der Waals surface area contributed by atoms with E-state index in [0.717, 1.165) is 5.56 Å². The van der Waals surface area contributed by atoms with Crippen molar-refractivity contribution in [3.05, 3.63) is 101 Å². The van der Waals surface area contributed by atoms with Crippen molar-refractivity contribution in [2.24, 2.45) is 0 Å². The third kappa shape index (κ3) is 6.34. The molecule has 1 atom stereocenters. The second-order valence-electron chi connectivity index (χ2n) is 7.09. The van der Waals surface area contributed by atoms with Crippen molar-refractivity contribution in [2.75, 3.05) is 11.9 Å². The first-order valence-electron chi connectivity index (χ1n) is 9.79. The van der Waals surface area contributed by atoms with Gasteiger partial charge in [0.05, 0.1) is 0 Å². The third-order valence-corrected chi connectivity index (χ3v) is 4.67. The Hall–Kier alpha value is -3.80. The van der Waals surface area contributed by atoms with Crippen molar-refractivity contribution in [3.63, 3.8) is 0 Å². The summed E-state index contributed by atoms with van der Waals surface area (Å²) in [5.74, 6) is -1.77. The van der Waals surface area contributed by atoms with Crippen molar-refractivity contribution in [3.8, 4) is 0 Å². The Morgan fingerprint density at radius 2 is 1.45 bits per heavy atom. The molecule has 0 heterocycles. The molecule has 0 aromatic heterocycles. The molecule has 0 unspecified atom stereocenters. The van der Waals surface area contributed by atoms with Crippen LogP contribution >= 0.6 is 0 Å². The SMILES string of the molecule is Cc1ccc(C(=O)COC(=O)[C@@H](CC(=O)c2ccccc2)Nc2ccc(F)cc2)cc1. The van der Waals surface area contributed by atoms with Gasteiger partial charge in [-0.1, -0.05) is 60.2 Å². The zero-order chi connectivity index (χ0) is 22.2. The molecule has 0 aliphatic carbocycles. The molecule has 0 bridgehead atoms. The maximum Gasteiger partial charge on any atom is 0.329 e. The average Bonchev–Trinajstić information content (AvgIpc) is 2.79. The van der Waals surface area contributed by atoms with Crippen LogP contribution in [0.5, 0.6) is 0 Å². The summed E-state index contributed by atoms with van der Waals surface area (Å²) in [6.45, 7) is 1.47. The van der Waals surface area contributed by atoms with E-state index in [1.54, 1.807) is 54.6 Å². The van der Waals surface area contributed by atoms with Gasteiger partial charge in [-0.3, -0.25) is 9.59 Å². The highest BCUT2D eigenvalue weighted by atomic mass is 19.1. The van der Waals surface area contributed by atoms with Gasteiger partial charge in [0.2, 0.25) is 0 Å². The fourth-order valence-electron chi connectivity index (χ4n) is 2.93. The van der Waals surface area contributed by atoms with E-state index in [1.807, 2.05) is 6.92 Å². The number of hydrogen-bond acceptors (Lipinski definition) is 5. The smallest absolute Gasteiger partial charge is 0.329 e. The van der Waals surface area contributed by atoms with Crippen LogP contribution in [0.1, 0.15) is 32.7 Å². The first-order chi connectivity index (χ1) is 14.9. The highest BCUT2D eigenvalue weighted by molar-refractivity contribution is 6.01. The topological polar surface area (TPSA) is 72.5 Å². The standard InChI is InChI=1S/C25H22FNO4/c1-17-7-9-19(10-8-17)24(29)16-31-25(30)22(27-21-13-11-20(26)12-14-21)15-23(28)18-5-3-2-4-6-18/h2-14,22,27H,15-16H2,1H3/t22-/m1/s1. The minimum Gasteiger partial charge on any atom is -0.456 e. The monoisotopic (exact) mass is 419 g/mol. The number of aryl methyl sites for hydroxylation is 1. The van der Waals surface area contributed by atoms with E-state index in [9.17, 15) is 18.8 Å². The first-order valence-corrected chi connectivity index (χ1v) is 9.79. The van der Waals surface area contributed by atoms with E-state index < -0.39 is 24.4 Å². The van der Waals surface area contributed by atoms with Gasteiger partial charge in [0, 0.05) is 23.2 Å². The lowest BCUT2D eigenvalue weighted by atomic mass is 10.0. The quantitative estimate of drug-likeness (QED) is 0.405. The molecule has 3 aromatic carbocycles. The van der Waals surface area contributed by atoms with Gasteiger partial charge in [-0.2, -0.15) is 0 Å². The molecule has 0 spiro atoms. The summed E-state index contributed by atoms with van der Waals surface area (Å²) in [4.78, 5) is 37.6.